The summed E-state index contributed by atoms with van der Waals surface area (Å²) in [5, 5.41) is 6.51. The smallest absolute Gasteiger partial charge is 0.213 e. The van der Waals surface area contributed by atoms with E-state index in [0.717, 1.165) is 18.3 Å². The lowest BCUT2D eigenvalue weighted by Crippen LogP contribution is -2.36. The second-order valence-corrected chi connectivity index (χ2v) is 6.64. The summed E-state index contributed by atoms with van der Waals surface area (Å²) < 4.78 is 5.77. The zero-order valence-corrected chi connectivity index (χ0v) is 17.3. The number of aliphatic imine (C=N–C) groups is 1. The molecule has 0 radical (unpaired) electrons. The van der Waals surface area contributed by atoms with E-state index in [9.17, 15) is 0 Å². The Bertz CT molecular complexity index is 674. The van der Waals surface area contributed by atoms with Crippen molar-refractivity contribution in [1.82, 2.24) is 15.6 Å². The fourth-order valence-corrected chi connectivity index (χ4v) is 2.13. The number of aromatic nitrogens is 1. The molecular formula is C18H27IN4O. The number of halogens is 1. The third-order valence-electron chi connectivity index (χ3n) is 3.47. The maximum Gasteiger partial charge on any atom is 0.213 e. The van der Waals surface area contributed by atoms with E-state index in [-0.39, 0.29) is 29.4 Å². The Morgan fingerprint density at radius 3 is 2.50 bits per heavy atom. The van der Waals surface area contributed by atoms with Crippen LogP contribution < -0.4 is 10.6 Å². The van der Waals surface area contributed by atoms with Gasteiger partial charge in [0.1, 0.15) is 5.76 Å². The highest BCUT2D eigenvalue weighted by Crippen LogP contribution is 2.22. The standard InChI is InChI=1S/C18H26N4O.HI/c1-13-7-6-8-14(9-13)10-21-17(19-5)22-12-16-20-11-15(23-16)18(2,3)4;/h6-9,11H,10,12H2,1-5H3,(H2,19,21,22);1H. The van der Waals surface area contributed by atoms with Crippen molar-refractivity contribution >= 4 is 29.9 Å². The van der Waals surface area contributed by atoms with Crippen molar-refractivity contribution in [2.75, 3.05) is 7.05 Å². The van der Waals surface area contributed by atoms with Gasteiger partial charge < -0.3 is 15.1 Å². The molecule has 0 spiro atoms. The average molecular weight is 442 g/mol. The fourth-order valence-electron chi connectivity index (χ4n) is 2.13. The molecule has 1 heterocycles. The van der Waals surface area contributed by atoms with Crippen LogP contribution in [-0.4, -0.2) is 18.0 Å². The molecule has 0 saturated carbocycles. The summed E-state index contributed by atoms with van der Waals surface area (Å²) in [4.78, 5) is 8.53. The van der Waals surface area contributed by atoms with E-state index in [1.54, 1.807) is 13.2 Å². The number of hydrogen-bond acceptors (Lipinski definition) is 3. The molecule has 0 fully saturated rings. The first-order chi connectivity index (χ1) is 10.9. The minimum atomic E-state index is -0.0314. The number of aryl methyl sites for hydroxylation is 1. The maximum absolute atomic E-state index is 5.77. The van der Waals surface area contributed by atoms with Gasteiger partial charge in [-0.05, 0) is 12.5 Å². The van der Waals surface area contributed by atoms with Crippen LogP contribution in [0.3, 0.4) is 0 Å². The van der Waals surface area contributed by atoms with E-state index in [4.69, 9.17) is 4.42 Å². The Kier molecular flexibility index (Phi) is 7.72. The second-order valence-electron chi connectivity index (χ2n) is 6.64. The molecule has 2 rings (SSSR count). The Balaban J connectivity index is 0.00000288. The number of benzene rings is 1. The third-order valence-corrected chi connectivity index (χ3v) is 3.47. The zero-order valence-electron chi connectivity index (χ0n) is 15.0. The third kappa shape index (κ3) is 6.14. The van der Waals surface area contributed by atoms with Gasteiger partial charge in [0.2, 0.25) is 5.89 Å². The summed E-state index contributed by atoms with van der Waals surface area (Å²) in [6, 6.07) is 8.40. The van der Waals surface area contributed by atoms with Crippen molar-refractivity contribution in [2.24, 2.45) is 4.99 Å². The zero-order chi connectivity index (χ0) is 16.9. The minimum Gasteiger partial charge on any atom is -0.443 e. The van der Waals surface area contributed by atoms with Crippen LogP contribution in [0.25, 0.3) is 0 Å². The van der Waals surface area contributed by atoms with Crippen LogP contribution in [0.15, 0.2) is 39.9 Å². The molecule has 0 atom stereocenters. The van der Waals surface area contributed by atoms with Crippen LogP contribution in [-0.2, 0) is 18.5 Å². The van der Waals surface area contributed by atoms with Crippen LogP contribution in [0.4, 0.5) is 0 Å². The molecule has 2 N–H and O–H groups in total. The predicted molar refractivity (Wildman–Crippen MR) is 109 cm³/mol. The summed E-state index contributed by atoms with van der Waals surface area (Å²) >= 11 is 0. The molecule has 0 aliphatic heterocycles. The molecule has 6 heteroatoms. The van der Waals surface area contributed by atoms with Gasteiger partial charge in [-0.3, -0.25) is 4.99 Å². The molecule has 132 valence electrons. The molecule has 0 amide bonds. The van der Waals surface area contributed by atoms with E-state index in [1.807, 2.05) is 0 Å². The molecule has 0 aliphatic carbocycles. The molecule has 0 unspecified atom stereocenters. The molecule has 1 aromatic carbocycles. The van der Waals surface area contributed by atoms with E-state index in [0.29, 0.717) is 12.4 Å². The van der Waals surface area contributed by atoms with Gasteiger partial charge in [-0.2, -0.15) is 0 Å². The van der Waals surface area contributed by atoms with Gasteiger partial charge in [0.05, 0.1) is 12.7 Å². The lowest BCUT2D eigenvalue weighted by Gasteiger charge is -2.13. The number of rotatable bonds is 4. The largest absolute Gasteiger partial charge is 0.443 e. The number of hydrogen-bond donors (Lipinski definition) is 2. The second kappa shape index (κ2) is 9.05. The Labute approximate surface area is 161 Å². The van der Waals surface area contributed by atoms with Crippen LogP contribution in [0.2, 0.25) is 0 Å². The van der Waals surface area contributed by atoms with Crippen molar-refractivity contribution in [3.8, 4) is 0 Å². The summed E-state index contributed by atoms with van der Waals surface area (Å²) in [5.74, 6) is 2.27. The molecule has 2 aromatic rings. The Morgan fingerprint density at radius 1 is 1.21 bits per heavy atom. The molecule has 0 aliphatic rings. The lowest BCUT2D eigenvalue weighted by molar-refractivity contribution is 0.379. The first-order valence-corrected chi connectivity index (χ1v) is 7.84. The molecule has 1 aromatic heterocycles. The normalized spacial score (nSPS) is 11.8. The first kappa shape index (κ1) is 20.5. The quantitative estimate of drug-likeness (QED) is 0.430. The number of nitrogens with zero attached hydrogens (tertiary/aromatic N) is 2. The Morgan fingerprint density at radius 2 is 1.92 bits per heavy atom. The maximum atomic E-state index is 5.77. The monoisotopic (exact) mass is 442 g/mol. The highest BCUT2D eigenvalue weighted by molar-refractivity contribution is 14.0. The lowest BCUT2D eigenvalue weighted by atomic mass is 9.94. The Hall–Kier alpha value is -1.57. The summed E-state index contributed by atoms with van der Waals surface area (Å²) in [7, 11) is 1.75. The number of guanidine groups is 1. The summed E-state index contributed by atoms with van der Waals surface area (Å²) in [6.07, 6.45) is 1.79. The fraction of sp³-hybridized carbons (Fsp3) is 0.444. The van der Waals surface area contributed by atoms with Crippen molar-refractivity contribution in [3.05, 3.63) is 53.2 Å². The number of nitrogens with one attached hydrogen (secondary N) is 2. The first-order valence-electron chi connectivity index (χ1n) is 7.84. The average Bonchev–Trinajstić information content (AvgIpc) is 2.96. The molecule has 24 heavy (non-hydrogen) atoms. The predicted octanol–water partition coefficient (Wildman–Crippen LogP) is 3.76. The van der Waals surface area contributed by atoms with Crippen molar-refractivity contribution in [2.45, 2.75) is 46.2 Å². The summed E-state index contributed by atoms with van der Waals surface area (Å²) in [5.41, 5.74) is 2.44. The van der Waals surface area contributed by atoms with Gasteiger partial charge in [-0.25, -0.2) is 4.98 Å². The SMILES string of the molecule is CN=C(NCc1cccc(C)c1)NCc1ncc(C(C)(C)C)o1.I. The molecule has 0 saturated heterocycles. The van der Waals surface area contributed by atoms with Crippen LogP contribution in [0.1, 0.15) is 43.5 Å². The summed E-state index contributed by atoms with van der Waals surface area (Å²) in [6.45, 7) is 9.63. The molecular weight excluding hydrogens is 415 g/mol. The van der Waals surface area contributed by atoms with Gasteiger partial charge in [0.15, 0.2) is 5.96 Å². The van der Waals surface area contributed by atoms with Crippen LogP contribution >= 0.6 is 24.0 Å². The van der Waals surface area contributed by atoms with E-state index < -0.39 is 0 Å². The highest BCUT2D eigenvalue weighted by Gasteiger charge is 2.19. The van der Waals surface area contributed by atoms with E-state index in [1.165, 1.54) is 11.1 Å². The van der Waals surface area contributed by atoms with Gasteiger partial charge >= 0.3 is 0 Å². The van der Waals surface area contributed by atoms with Gasteiger partial charge in [-0.15, -0.1) is 24.0 Å². The van der Waals surface area contributed by atoms with Gasteiger partial charge in [0.25, 0.3) is 0 Å². The minimum absolute atomic E-state index is 0. The number of oxazole rings is 1. The van der Waals surface area contributed by atoms with Crippen molar-refractivity contribution in [3.63, 3.8) is 0 Å². The van der Waals surface area contributed by atoms with E-state index >= 15 is 0 Å². The highest BCUT2D eigenvalue weighted by atomic mass is 127. The van der Waals surface area contributed by atoms with Crippen LogP contribution in [0, 0.1) is 6.92 Å². The molecule has 0 bridgehead atoms. The van der Waals surface area contributed by atoms with Crippen molar-refractivity contribution < 1.29 is 4.42 Å². The molecule has 5 nitrogen and oxygen atoms in total. The van der Waals surface area contributed by atoms with Crippen molar-refractivity contribution in [1.29, 1.82) is 0 Å². The van der Waals surface area contributed by atoms with Gasteiger partial charge in [-0.1, -0.05) is 50.6 Å². The van der Waals surface area contributed by atoms with E-state index in [2.05, 4.69) is 72.6 Å². The van der Waals surface area contributed by atoms with Crippen LogP contribution in [0.5, 0.6) is 0 Å². The van der Waals surface area contributed by atoms with Gasteiger partial charge in [0, 0.05) is 19.0 Å². The topological polar surface area (TPSA) is 62.5 Å².